The van der Waals surface area contributed by atoms with Crippen LogP contribution in [0.5, 0.6) is 11.5 Å². The number of pyridine rings is 1. The molecule has 0 aliphatic carbocycles. The van der Waals surface area contributed by atoms with Crippen LogP contribution in [0, 0.1) is 22.9 Å². The zero-order valence-corrected chi connectivity index (χ0v) is 21.4. The monoisotopic (exact) mass is 535 g/mol. The van der Waals surface area contributed by atoms with E-state index in [0.29, 0.717) is 78.8 Å². The van der Waals surface area contributed by atoms with Crippen molar-refractivity contribution in [3.63, 3.8) is 0 Å². The first-order valence-corrected chi connectivity index (χ1v) is 12.7. The molecule has 1 fully saturated rings. The molecule has 2 heterocycles. The van der Waals surface area contributed by atoms with Gasteiger partial charge in [-0.15, -0.1) is 0 Å². The SMILES string of the molecule is COc1ccc2ncc(CN)c(C(F)CCC3(CO)CCN(CCOc4c(F)cc(F)cc4F)CC3)c2c1. The number of aromatic nitrogens is 1. The first kappa shape index (κ1) is 28.1. The maximum atomic E-state index is 15.8. The minimum atomic E-state index is -1.29. The Hall–Kier alpha value is -2.95. The van der Waals surface area contributed by atoms with E-state index < -0.39 is 34.8 Å². The number of nitrogens with two attached hydrogens (primary N) is 1. The van der Waals surface area contributed by atoms with Gasteiger partial charge in [-0.05, 0) is 68.0 Å². The predicted molar refractivity (Wildman–Crippen MR) is 136 cm³/mol. The van der Waals surface area contributed by atoms with E-state index in [1.807, 2.05) is 0 Å². The summed E-state index contributed by atoms with van der Waals surface area (Å²) in [4.78, 5) is 6.46. The van der Waals surface area contributed by atoms with E-state index in [-0.39, 0.29) is 26.2 Å². The molecule has 3 N–H and O–H groups in total. The number of aliphatic hydroxyl groups is 1. The van der Waals surface area contributed by atoms with Crippen molar-refractivity contribution in [1.82, 2.24) is 9.88 Å². The third-order valence-electron chi connectivity index (χ3n) is 7.53. The molecule has 10 heteroatoms. The molecule has 1 aliphatic rings. The molecule has 0 saturated carbocycles. The van der Waals surface area contributed by atoms with E-state index in [0.717, 1.165) is 0 Å². The molecule has 206 valence electrons. The molecule has 3 aromatic rings. The number of ether oxygens (including phenoxy) is 2. The number of alkyl halides is 1. The van der Waals surface area contributed by atoms with E-state index in [2.05, 4.69) is 9.88 Å². The summed E-state index contributed by atoms with van der Waals surface area (Å²) in [7, 11) is 1.55. The smallest absolute Gasteiger partial charge is 0.190 e. The van der Waals surface area contributed by atoms with E-state index in [4.69, 9.17) is 15.2 Å². The number of likely N-dealkylation sites (tertiary alicyclic amines) is 1. The van der Waals surface area contributed by atoms with Crippen molar-refractivity contribution in [2.75, 3.05) is 40.0 Å². The van der Waals surface area contributed by atoms with Gasteiger partial charge in [0.2, 0.25) is 0 Å². The lowest BCUT2D eigenvalue weighted by molar-refractivity contribution is 0.0263. The minimum absolute atomic E-state index is 0.0264. The molecular weight excluding hydrogens is 502 g/mol. The summed E-state index contributed by atoms with van der Waals surface area (Å²) in [6.45, 7) is 1.78. The number of rotatable bonds is 11. The molecule has 0 spiro atoms. The topological polar surface area (TPSA) is 80.8 Å². The summed E-state index contributed by atoms with van der Waals surface area (Å²) < 4.78 is 67.0. The Morgan fingerprint density at radius 3 is 2.47 bits per heavy atom. The van der Waals surface area contributed by atoms with Gasteiger partial charge in [0.05, 0.1) is 12.6 Å². The van der Waals surface area contributed by atoms with Crippen molar-refractivity contribution in [1.29, 1.82) is 0 Å². The molecular formula is C28H33F4N3O3. The minimum Gasteiger partial charge on any atom is -0.497 e. The number of benzene rings is 2. The molecule has 0 bridgehead atoms. The lowest BCUT2D eigenvalue weighted by Crippen LogP contribution is -2.43. The molecule has 1 aromatic heterocycles. The summed E-state index contributed by atoms with van der Waals surface area (Å²) in [5, 5.41) is 10.9. The Morgan fingerprint density at radius 1 is 1.13 bits per heavy atom. The predicted octanol–water partition coefficient (Wildman–Crippen LogP) is 5.06. The van der Waals surface area contributed by atoms with Gasteiger partial charge in [0.1, 0.15) is 24.3 Å². The van der Waals surface area contributed by atoms with Crippen LogP contribution in [0.2, 0.25) is 0 Å². The van der Waals surface area contributed by atoms with Gasteiger partial charge in [0.25, 0.3) is 0 Å². The summed E-state index contributed by atoms with van der Waals surface area (Å²) in [5.74, 6) is -3.16. The van der Waals surface area contributed by atoms with Crippen molar-refractivity contribution in [3.05, 3.63) is 65.1 Å². The highest BCUT2D eigenvalue weighted by molar-refractivity contribution is 5.85. The molecule has 1 unspecified atom stereocenters. The Balaban J connectivity index is 1.35. The average Bonchev–Trinajstić information content (AvgIpc) is 2.92. The Kier molecular flexibility index (Phi) is 9.07. The van der Waals surface area contributed by atoms with Gasteiger partial charge in [-0.3, -0.25) is 9.88 Å². The number of fused-ring (bicyclic) bond motifs is 1. The highest BCUT2D eigenvalue weighted by Gasteiger charge is 2.35. The normalized spacial score (nSPS) is 16.5. The summed E-state index contributed by atoms with van der Waals surface area (Å²) >= 11 is 0. The second-order valence-electron chi connectivity index (χ2n) is 9.84. The Labute approximate surface area is 219 Å². The Morgan fingerprint density at radius 2 is 1.84 bits per heavy atom. The van der Waals surface area contributed by atoms with Gasteiger partial charge >= 0.3 is 0 Å². The number of methoxy groups -OCH3 is 1. The number of nitrogens with zero attached hydrogens (tertiary/aromatic N) is 2. The largest absolute Gasteiger partial charge is 0.497 e. The van der Waals surface area contributed by atoms with E-state index in [1.165, 1.54) is 0 Å². The molecule has 0 amide bonds. The maximum absolute atomic E-state index is 15.8. The summed E-state index contributed by atoms with van der Waals surface area (Å²) in [6, 6.07) is 6.50. The molecule has 6 nitrogen and oxygen atoms in total. The molecule has 1 atom stereocenters. The van der Waals surface area contributed by atoms with Crippen LogP contribution in [0.4, 0.5) is 17.6 Å². The standard InChI is InChI=1S/C28H33F4N3O3/c1-37-20-2-3-25-21(14-20)26(18(15-33)16-34-25)22(30)4-5-28(17-36)6-8-35(9-7-28)10-11-38-27-23(31)12-19(29)13-24(27)32/h2-3,12-14,16,22,36H,4-11,15,17,33H2,1H3. The number of piperidine rings is 1. The van der Waals surface area contributed by atoms with Gasteiger partial charge in [-0.2, -0.15) is 0 Å². The second kappa shape index (κ2) is 12.3. The molecule has 38 heavy (non-hydrogen) atoms. The first-order valence-electron chi connectivity index (χ1n) is 12.7. The van der Waals surface area contributed by atoms with Crippen LogP contribution in [-0.2, 0) is 6.54 Å². The van der Waals surface area contributed by atoms with Gasteiger partial charge in [0, 0.05) is 49.0 Å². The van der Waals surface area contributed by atoms with Crippen molar-refractivity contribution >= 4 is 10.9 Å². The third-order valence-corrected chi connectivity index (χ3v) is 7.53. The van der Waals surface area contributed by atoms with E-state index in [1.54, 1.807) is 31.5 Å². The molecule has 1 aliphatic heterocycles. The lowest BCUT2D eigenvalue weighted by Gasteiger charge is -2.41. The third kappa shape index (κ3) is 6.19. The van der Waals surface area contributed by atoms with Crippen molar-refractivity contribution in [3.8, 4) is 11.5 Å². The highest BCUT2D eigenvalue weighted by Crippen LogP contribution is 2.41. The van der Waals surface area contributed by atoms with Gasteiger partial charge in [-0.25, -0.2) is 17.6 Å². The van der Waals surface area contributed by atoms with Crippen LogP contribution in [0.3, 0.4) is 0 Å². The van der Waals surface area contributed by atoms with Gasteiger partial charge < -0.3 is 20.3 Å². The zero-order chi connectivity index (χ0) is 27.3. The summed E-state index contributed by atoms with van der Waals surface area (Å²) in [6.07, 6.45) is 2.31. The molecule has 1 saturated heterocycles. The number of hydrogen-bond donors (Lipinski definition) is 2. The quantitative estimate of drug-likeness (QED) is 0.334. The number of hydrogen-bond acceptors (Lipinski definition) is 6. The first-order chi connectivity index (χ1) is 18.3. The van der Waals surface area contributed by atoms with Crippen LogP contribution in [0.15, 0.2) is 36.5 Å². The highest BCUT2D eigenvalue weighted by atomic mass is 19.1. The van der Waals surface area contributed by atoms with Crippen molar-refractivity contribution in [2.24, 2.45) is 11.1 Å². The second-order valence-corrected chi connectivity index (χ2v) is 9.84. The fourth-order valence-corrected chi connectivity index (χ4v) is 5.15. The number of aliphatic hydroxyl groups excluding tert-OH is 1. The average molecular weight is 536 g/mol. The van der Waals surface area contributed by atoms with E-state index in [9.17, 15) is 18.3 Å². The van der Waals surface area contributed by atoms with E-state index >= 15 is 4.39 Å². The fraction of sp³-hybridized carbons (Fsp3) is 0.464. The zero-order valence-electron chi connectivity index (χ0n) is 21.4. The molecule has 4 rings (SSSR count). The van der Waals surface area contributed by atoms with Crippen LogP contribution >= 0.6 is 0 Å². The Bertz CT molecular complexity index is 1220. The van der Waals surface area contributed by atoms with Crippen molar-refractivity contribution < 1.29 is 32.1 Å². The van der Waals surface area contributed by atoms with Crippen LogP contribution in [0.25, 0.3) is 10.9 Å². The van der Waals surface area contributed by atoms with Gasteiger partial charge in [-0.1, -0.05) is 0 Å². The van der Waals surface area contributed by atoms with Crippen molar-refractivity contribution in [2.45, 2.75) is 38.4 Å². The van der Waals surface area contributed by atoms with Crippen LogP contribution in [-0.4, -0.2) is 54.9 Å². The molecule has 2 aromatic carbocycles. The van der Waals surface area contributed by atoms with Crippen LogP contribution < -0.4 is 15.2 Å². The van der Waals surface area contributed by atoms with Gasteiger partial charge in [0.15, 0.2) is 17.4 Å². The molecule has 0 radical (unpaired) electrons. The van der Waals surface area contributed by atoms with Crippen LogP contribution in [0.1, 0.15) is 43.0 Å². The fourth-order valence-electron chi connectivity index (χ4n) is 5.15. The maximum Gasteiger partial charge on any atom is 0.190 e. The lowest BCUT2D eigenvalue weighted by atomic mass is 9.74. The summed E-state index contributed by atoms with van der Waals surface area (Å²) in [5.41, 5.74) is 7.29. The number of halogens is 4.